The maximum atomic E-state index is 10.8. The van der Waals surface area contributed by atoms with Gasteiger partial charge < -0.3 is 26.0 Å². The summed E-state index contributed by atoms with van der Waals surface area (Å²) in [5.41, 5.74) is 12.2. The summed E-state index contributed by atoms with van der Waals surface area (Å²) in [7, 11) is -4.20. The van der Waals surface area contributed by atoms with E-state index in [9.17, 15) is 4.57 Å². The molecule has 0 aromatic carbocycles. The predicted molar refractivity (Wildman–Crippen MR) is 71.6 cm³/mol. The van der Waals surface area contributed by atoms with E-state index >= 15 is 0 Å². The van der Waals surface area contributed by atoms with Crippen molar-refractivity contribution in [2.75, 3.05) is 17.8 Å². The zero-order valence-electron chi connectivity index (χ0n) is 10.7. The number of nitrogens with two attached hydrogens (primary N) is 2. The van der Waals surface area contributed by atoms with Crippen LogP contribution in [0.15, 0.2) is 6.20 Å². The van der Waals surface area contributed by atoms with Crippen molar-refractivity contribution in [1.82, 2.24) is 19.5 Å². The molecule has 0 aliphatic heterocycles. The summed E-state index contributed by atoms with van der Waals surface area (Å²) >= 11 is 0. The van der Waals surface area contributed by atoms with Crippen LogP contribution in [0, 0.1) is 0 Å². The Labute approximate surface area is 113 Å². The summed E-state index contributed by atoms with van der Waals surface area (Å²) in [5.74, 6) is 0.286. The van der Waals surface area contributed by atoms with Gasteiger partial charge in [0.2, 0.25) is 11.9 Å². The summed E-state index contributed by atoms with van der Waals surface area (Å²) in [4.78, 5) is 29.4. The molecule has 0 saturated heterocycles. The monoisotopic (exact) mass is 302 g/mol. The van der Waals surface area contributed by atoms with Crippen molar-refractivity contribution in [2.45, 2.75) is 19.6 Å². The standard InChI is InChI=1S/C9H15N6O4P/c1-5(19-4-20(16,17)18)3-15-7-6(13-9(15)11)2-12-8(10)14-7/h2,5H,3-4H2,1H3,(H2,11,13)(H2,10,12,14)(H2,16,17,18). The minimum Gasteiger partial charge on any atom is -0.369 e. The summed E-state index contributed by atoms with van der Waals surface area (Å²) in [6.45, 7) is 1.89. The van der Waals surface area contributed by atoms with E-state index in [4.69, 9.17) is 26.0 Å². The van der Waals surface area contributed by atoms with Gasteiger partial charge in [0.1, 0.15) is 11.9 Å². The van der Waals surface area contributed by atoms with E-state index in [1.807, 2.05) is 0 Å². The highest BCUT2D eigenvalue weighted by atomic mass is 31.2. The van der Waals surface area contributed by atoms with E-state index in [1.165, 1.54) is 6.20 Å². The van der Waals surface area contributed by atoms with Crippen LogP contribution in [0.4, 0.5) is 11.9 Å². The Bertz CT molecular complexity index is 668. The molecular formula is C9H15N6O4P. The quantitative estimate of drug-likeness (QED) is 0.534. The first-order chi connectivity index (χ1) is 9.26. The van der Waals surface area contributed by atoms with Crippen LogP contribution in [0.1, 0.15) is 6.92 Å². The van der Waals surface area contributed by atoms with Gasteiger partial charge in [-0.05, 0) is 6.92 Å². The Morgan fingerprint density at radius 1 is 1.45 bits per heavy atom. The molecule has 1 atom stereocenters. The second-order valence-corrected chi connectivity index (χ2v) is 5.88. The molecule has 0 spiro atoms. The molecule has 0 fully saturated rings. The fourth-order valence-corrected chi connectivity index (χ4v) is 2.11. The number of rotatable bonds is 5. The Balaban J connectivity index is 2.18. The maximum absolute atomic E-state index is 10.8. The number of nitrogens with zero attached hydrogens (tertiary/aromatic N) is 4. The molecule has 2 aromatic rings. The topological polar surface area (TPSA) is 162 Å². The van der Waals surface area contributed by atoms with Crippen molar-refractivity contribution in [3.05, 3.63) is 6.20 Å². The van der Waals surface area contributed by atoms with Gasteiger partial charge in [0.05, 0.1) is 18.8 Å². The van der Waals surface area contributed by atoms with Crippen LogP contribution in [0.25, 0.3) is 11.2 Å². The molecule has 20 heavy (non-hydrogen) atoms. The average molecular weight is 302 g/mol. The zero-order chi connectivity index (χ0) is 14.9. The number of nitrogen functional groups attached to an aromatic ring is 2. The first-order valence-corrected chi connectivity index (χ1v) is 7.46. The summed E-state index contributed by atoms with van der Waals surface area (Å²) < 4.78 is 17.4. The third kappa shape index (κ3) is 3.42. The summed E-state index contributed by atoms with van der Waals surface area (Å²) in [5, 5.41) is 0. The van der Waals surface area contributed by atoms with Gasteiger partial charge in [-0.25, -0.2) is 9.97 Å². The van der Waals surface area contributed by atoms with Crippen molar-refractivity contribution in [1.29, 1.82) is 0 Å². The fraction of sp³-hybridized carbons (Fsp3) is 0.444. The molecule has 0 aliphatic carbocycles. The van der Waals surface area contributed by atoms with Crippen LogP contribution in [0.3, 0.4) is 0 Å². The van der Waals surface area contributed by atoms with Gasteiger partial charge in [0.25, 0.3) is 0 Å². The minimum absolute atomic E-state index is 0.0856. The molecule has 6 N–H and O–H groups in total. The third-order valence-electron chi connectivity index (χ3n) is 2.50. The lowest BCUT2D eigenvalue weighted by atomic mass is 10.4. The lowest BCUT2D eigenvalue weighted by Gasteiger charge is -2.15. The van der Waals surface area contributed by atoms with Crippen molar-refractivity contribution in [3.8, 4) is 0 Å². The Morgan fingerprint density at radius 2 is 2.15 bits per heavy atom. The first-order valence-electron chi connectivity index (χ1n) is 5.66. The van der Waals surface area contributed by atoms with Gasteiger partial charge in [-0.1, -0.05) is 0 Å². The molecule has 110 valence electrons. The molecule has 0 radical (unpaired) electrons. The zero-order valence-corrected chi connectivity index (χ0v) is 11.6. The van der Waals surface area contributed by atoms with Gasteiger partial charge in [0.15, 0.2) is 5.65 Å². The number of imidazole rings is 1. The van der Waals surface area contributed by atoms with Crippen LogP contribution in [0.5, 0.6) is 0 Å². The molecule has 0 saturated carbocycles. The number of anilines is 2. The number of fused-ring (bicyclic) bond motifs is 1. The number of hydrogen-bond acceptors (Lipinski definition) is 7. The smallest absolute Gasteiger partial charge is 0.350 e. The Morgan fingerprint density at radius 3 is 2.80 bits per heavy atom. The lowest BCUT2D eigenvalue weighted by molar-refractivity contribution is 0.0769. The molecular weight excluding hydrogens is 287 g/mol. The van der Waals surface area contributed by atoms with Crippen molar-refractivity contribution in [3.63, 3.8) is 0 Å². The highest BCUT2D eigenvalue weighted by molar-refractivity contribution is 7.51. The number of aromatic nitrogens is 4. The lowest BCUT2D eigenvalue weighted by Crippen LogP contribution is -2.19. The average Bonchev–Trinajstić information content (AvgIpc) is 2.63. The largest absolute Gasteiger partial charge is 0.369 e. The van der Waals surface area contributed by atoms with Gasteiger partial charge in [-0.3, -0.25) is 9.13 Å². The fourth-order valence-electron chi connectivity index (χ4n) is 1.66. The van der Waals surface area contributed by atoms with E-state index in [-0.39, 0.29) is 18.4 Å². The maximum Gasteiger partial charge on any atom is 0.350 e. The highest BCUT2D eigenvalue weighted by Crippen LogP contribution is 2.34. The molecule has 0 amide bonds. The van der Waals surface area contributed by atoms with Crippen molar-refractivity contribution in [2.24, 2.45) is 0 Å². The number of ether oxygens (including phenoxy) is 1. The van der Waals surface area contributed by atoms with Crippen LogP contribution >= 0.6 is 7.60 Å². The van der Waals surface area contributed by atoms with Crippen LogP contribution in [-0.4, -0.2) is 41.8 Å². The van der Waals surface area contributed by atoms with Crippen LogP contribution < -0.4 is 11.5 Å². The van der Waals surface area contributed by atoms with E-state index in [0.717, 1.165) is 0 Å². The molecule has 10 nitrogen and oxygen atoms in total. The molecule has 11 heteroatoms. The molecule has 2 aromatic heterocycles. The summed E-state index contributed by atoms with van der Waals surface area (Å²) in [6, 6.07) is 0. The third-order valence-corrected chi connectivity index (χ3v) is 2.99. The normalized spacial score (nSPS) is 13.8. The van der Waals surface area contributed by atoms with Crippen molar-refractivity contribution >= 4 is 30.7 Å². The SMILES string of the molecule is CC(Cn1c(N)nc2cnc(N)nc21)OCP(=O)(O)O. The van der Waals surface area contributed by atoms with E-state index in [1.54, 1.807) is 11.5 Å². The minimum atomic E-state index is -4.20. The second kappa shape index (κ2) is 5.33. The van der Waals surface area contributed by atoms with E-state index < -0.39 is 20.0 Å². The Kier molecular flexibility index (Phi) is 3.91. The second-order valence-electron chi connectivity index (χ2n) is 4.29. The van der Waals surface area contributed by atoms with E-state index in [0.29, 0.717) is 11.2 Å². The molecule has 2 rings (SSSR count). The van der Waals surface area contributed by atoms with E-state index in [2.05, 4.69) is 15.0 Å². The molecule has 1 unspecified atom stereocenters. The molecule has 0 bridgehead atoms. The molecule has 0 aliphatic rings. The van der Waals surface area contributed by atoms with Crippen LogP contribution in [-0.2, 0) is 15.8 Å². The predicted octanol–water partition coefficient (Wildman–Crippen LogP) is -0.469. The number of hydrogen-bond donors (Lipinski definition) is 4. The first kappa shape index (κ1) is 14.7. The highest BCUT2D eigenvalue weighted by Gasteiger charge is 2.18. The van der Waals surface area contributed by atoms with Gasteiger partial charge in [-0.15, -0.1) is 0 Å². The van der Waals surface area contributed by atoms with Crippen LogP contribution in [0.2, 0.25) is 0 Å². The van der Waals surface area contributed by atoms with Gasteiger partial charge in [0, 0.05) is 0 Å². The Hall–Kier alpha value is -1.74. The van der Waals surface area contributed by atoms with Gasteiger partial charge >= 0.3 is 7.60 Å². The van der Waals surface area contributed by atoms with Gasteiger partial charge in [-0.2, -0.15) is 4.98 Å². The molecule has 2 heterocycles. The summed E-state index contributed by atoms with van der Waals surface area (Å²) in [6.07, 6.45) is 0.308. The van der Waals surface area contributed by atoms with Crippen molar-refractivity contribution < 1.29 is 19.1 Å².